The van der Waals surface area contributed by atoms with Gasteiger partial charge in [0.1, 0.15) is 5.00 Å². The lowest BCUT2D eigenvalue weighted by Crippen LogP contribution is -2.29. The molecule has 2 aromatic rings. The monoisotopic (exact) mass is 418 g/mol. The summed E-state index contributed by atoms with van der Waals surface area (Å²) in [7, 11) is 1.61. The first-order valence-corrected chi connectivity index (χ1v) is 11.5. The second-order valence-corrected chi connectivity index (χ2v) is 8.78. The number of thiophene rings is 1. The Morgan fingerprint density at radius 2 is 1.96 bits per heavy atom. The molecule has 0 atom stereocenters. The standard InChI is InChI=1S/C21H26N2O3S2/c1-26-12-11-22-20(25)19-16-9-5-6-10-17(16)28-21(19)23-18(24)14-27-13-15-7-3-2-4-8-15/h2-4,7-8H,5-6,9-14H2,1H3,(H,22,25)(H,23,24). The summed E-state index contributed by atoms with van der Waals surface area (Å²) in [5.74, 6) is 0.969. The number of hydrogen-bond acceptors (Lipinski definition) is 5. The average molecular weight is 419 g/mol. The number of benzene rings is 1. The number of hydrogen-bond donors (Lipinski definition) is 2. The lowest BCUT2D eigenvalue weighted by atomic mass is 9.95. The van der Waals surface area contributed by atoms with Crippen LogP contribution in [0, 0.1) is 0 Å². The van der Waals surface area contributed by atoms with Gasteiger partial charge < -0.3 is 15.4 Å². The molecule has 0 aliphatic heterocycles. The van der Waals surface area contributed by atoms with Crippen LogP contribution in [0.1, 0.15) is 39.2 Å². The Bertz CT molecular complexity index is 805. The highest BCUT2D eigenvalue weighted by Gasteiger charge is 2.26. The summed E-state index contributed by atoms with van der Waals surface area (Å²) in [5, 5.41) is 6.58. The van der Waals surface area contributed by atoms with Gasteiger partial charge in [0.05, 0.1) is 17.9 Å². The summed E-state index contributed by atoms with van der Waals surface area (Å²) in [6, 6.07) is 10.1. The van der Waals surface area contributed by atoms with Gasteiger partial charge in [-0.1, -0.05) is 30.3 Å². The topological polar surface area (TPSA) is 67.4 Å². The molecular weight excluding hydrogens is 392 g/mol. The fraction of sp³-hybridized carbons (Fsp3) is 0.429. The van der Waals surface area contributed by atoms with Gasteiger partial charge in [-0.2, -0.15) is 0 Å². The minimum atomic E-state index is -0.122. The number of fused-ring (bicyclic) bond motifs is 1. The van der Waals surface area contributed by atoms with E-state index in [1.807, 2.05) is 18.2 Å². The minimum Gasteiger partial charge on any atom is -0.383 e. The average Bonchev–Trinajstić information content (AvgIpc) is 3.06. The van der Waals surface area contributed by atoms with E-state index in [4.69, 9.17) is 4.74 Å². The molecule has 3 rings (SSSR count). The number of amides is 2. The highest BCUT2D eigenvalue weighted by Crippen LogP contribution is 2.38. The minimum absolute atomic E-state index is 0.0644. The second-order valence-electron chi connectivity index (χ2n) is 6.69. The Morgan fingerprint density at radius 3 is 2.75 bits per heavy atom. The molecule has 0 saturated heterocycles. The van der Waals surface area contributed by atoms with Crippen LogP contribution in [0.3, 0.4) is 0 Å². The van der Waals surface area contributed by atoms with Gasteiger partial charge in [-0.15, -0.1) is 23.1 Å². The molecule has 1 aromatic heterocycles. The molecule has 1 aliphatic carbocycles. The van der Waals surface area contributed by atoms with Crippen molar-refractivity contribution in [3.05, 3.63) is 51.9 Å². The van der Waals surface area contributed by atoms with E-state index in [1.54, 1.807) is 30.2 Å². The van der Waals surface area contributed by atoms with Gasteiger partial charge in [0.15, 0.2) is 0 Å². The van der Waals surface area contributed by atoms with Crippen molar-refractivity contribution in [2.75, 3.05) is 31.3 Å². The number of anilines is 1. The third-order valence-electron chi connectivity index (χ3n) is 4.59. The molecule has 1 aromatic carbocycles. The van der Waals surface area contributed by atoms with Gasteiger partial charge in [0, 0.05) is 24.3 Å². The fourth-order valence-corrected chi connectivity index (χ4v) is 5.34. The smallest absolute Gasteiger partial charge is 0.254 e. The van der Waals surface area contributed by atoms with Crippen molar-refractivity contribution in [3.8, 4) is 0 Å². The molecular formula is C21H26N2O3S2. The van der Waals surface area contributed by atoms with E-state index in [1.165, 1.54) is 10.4 Å². The molecule has 28 heavy (non-hydrogen) atoms. The molecule has 150 valence electrons. The van der Waals surface area contributed by atoms with Crippen LogP contribution in [0.15, 0.2) is 30.3 Å². The second kappa shape index (κ2) is 10.6. The van der Waals surface area contributed by atoms with Crippen LogP contribution < -0.4 is 10.6 Å². The summed E-state index contributed by atoms with van der Waals surface area (Å²) in [6.45, 7) is 0.927. The third-order valence-corrected chi connectivity index (χ3v) is 6.80. The van der Waals surface area contributed by atoms with Crippen LogP contribution in [0.4, 0.5) is 5.00 Å². The van der Waals surface area contributed by atoms with Crippen LogP contribution in [0.5, 0.6) is 0 Å². The van der Waals surface area contributed by atoms with Gasteiger partial charge in [-0.3, -0.25) is 9.59 Å². The van der Waals surface area contributed by atoms with E-state index >= 15 is 0 Å². The largest absolute Gasteiger partial charge is 0.383 e. The van der Waals surface area contributed by atoms with Crippen molar-refractivity contribution in [2.24, 2.45) is 0 Å². The number of rotatable bonds is 9. The number of nitrogens with one attached hydrogen (secondary N) is 2. The molecule has 0 spiro atoms. The fourth-order valence-electron chi connectivity index (χ4n) is 3.25. The summed E-state index contributed by atoms with van der Waals surface area (Å²) < 4.78 is 5.01. The Hall–Kier alpha value is -1.83. The Morgan fingerprint density at radius 1 is 1.18 bits per heavy atom. The van der Waals surface area contributed by atoms with Gasteiger partial charge in [-0.25, -0.2) is 0 Å². The first-order valence-electron chi connectivity index (χ1n) is 9.52. The van der Waals surface area contributed by atoms with Crippen LogP contribution in [-0.4, -0.2) is 37.8 Å². The first-order chi connectivity index (χ1) is 13.7. The lowest BCUT2D eigenvalue weighted by molar-refractivity contribution is -0.113. The van der Waals surface area contributed by atoms with Crippen molar-refractivity contribution in [1.29, 1.82) is 0 Å². The zero-order valence-electron chi connectivity index (χ0n) is 16.1. The first kappa shape index (κ1) is 20.9. The van der Waals surface area contributed by atoms with E-state index in [2.05, 4.69) is 22.8 Å². The van der Waals surface area contributed by atoms with Gasteiger partial charge in [0.25, 0.3) is 5.91 Å². The van der Waals surface area contributed by atoms with Gasteiger partial charge in [-0.05, 0) is 36.8 Å². The maximum Gasteiger partial charge on any atom is 0.254 e. The summed E-state index contributed by atoms with van der Waals surface area (Å²) in [6.07, 6.45) is 4.11. The van der Waals surface area contributed by atoms with E-state index in [-0.39, 0.29) is 11.8 Å². The van der Waals surface area contributed by atoms with Crippen LogP contribution >= 0.6 is 23.1 Å². The molecule has 1 heterocycles. The highest BCUT2D eigenvalue weighted by molar-refractivity contribution is 7.99. The molecule has 5 nitrogen and oxygen atoms in total. The van der Waals surface area contributed by atoms with Gasteiger partial charge >= 0.3 is 0 Å². The molecule has 2 N–H and O–H groups in total. The number of thioether (sulfide) groups is 1. The van der Waals surface area contributed by atoms with Crippen molar-refractivity contribution in [3.63, 3.8) is 0 Å². The summed E-state index contributed by atoms with van der Waals surface area (Å²) in [4.78, 5) is 26.4. The number of methoxy groups -OCH3 is 1. The third kappa shape index (κ3) is 5.59. The van der Waals surface area contributed by atoms with Crippen LogP contribution in [0.25, 0.3) is 0 Å². The summed E-state index contributed by atoms with van der Waals surface area (Å²) in [5.41, 5.74) is 2.96. The molecule has 7 heteroatoms. The molecule has 1 aliphatic rings. The number of carbonyl (C=O) groups excluding carboxylic acids is 2. The molecule has 0 radical (unpaired) electrons. The zero-order valence-corrected chi connectivity index (χ0v) is 17.7. The lowest BCUT2D eigenvalue weighted by Gasteiger charge is -2.13. The molecule has 0 unspecified atom stereocenters. The van der Waals surface area contributed by atoms with Crippen LogP contribution in [0.2, 0.25) is 0 Å². The van der Waals surface area contributed by atoms with Crippen molar-refractivity contribution in [1.82, 2.24) is 5.32 Å². The predicted octanol–water partition coefficient (Wildman–Crippen LogP) is 3.88. The SMILES string of the molecule is COCCNC(=O)c1c(NC(=O)CSCc2ccccc2)sc2c1CCCC2. The maximum atomic E-state index is 12.7. The van der Waals surface area contributed by atoms with E-state index in [9.17, 15) is 9.59 Å². The number of ether oxygens (including phenoxy) is 1. The molecule has 0 saturated carbocycles. The van der Waals surface area contributed by atoms with Crippen molar-refractivity contribution in [2.45, 2.75) is 31.4 Å². The highest BCUT2D eigenvalue weighted by atomic mass is 32.2. The Kier molecular flexibility index (Phi) is 7.94. The maximum absolute atomic E-state index is 12.7. The van der Waals surface area contributed by atoms with Crippen LogP contribution in [-0.2, 0) is 28.1 Å². The van der Waals surface area contributed by atoms with E-state index in [0.717, 1.165) is 37.0 Å². The molecule has 2 amide bonds. The number of aryl methyl sites for hydroxylation is 1. The van der Waals surface area contributed by atoms with Gasteiger partial charge in [0.2, 0.25) is 5.91 Å². The molecule has 0 bridgehead atoms. The van der Waals surface area contributed by atoms with E-state index < -0.39 is 0 Å². The quantitative estimate of drug-likeness (QED) is 0.607. The predicted molar refractivity (Wildman–Crippen MR) is 116 cm³/mol. The number of carbonyl (C=O) groups is 2. The van der Waals surface area contributed by atoms with E-state index in [0.29, 0.717) is 29.5 Å². The van der Waals surface area contributed by atoms with Crippen molar-refractivity contribution >= 4 is 39.9 Å². The normalized spacial score (nSPS) is 13.0. The Balaban J connectivity index is 1.64. The summed E-state index contributed by atoms with van der Waals surface area (Å²) >= 11 is 3.13. The Labute approximate surface area is 174 Å². The zero-order chi connectivity index (χ0) is 19.8. The molecule has 0 fully saturated rings. The van der Waals surface area contributed by atoms with Crippen molar-refractivity contribution < 1.29 is 14.3 Å².